The molecule has 0 unspecified atom stereocenters. The van der Waals surface area contributed by atoms with Crippen LogP contribution < -0.4 is 4.74 Å². The fraction of sp³-hybridized carbons (Fsp3) is 0.500. The molecule has 2 aromatic rings. The molecule has 7 nitrogen and oxygen atoms in total. The Bertz CT molecular complexity index is 1080. The van der Waals surface area contributed by atoms with Crippen molar-refractivity contribution in [2.45, 2.75) is 64.9 Å². The molecule has 0 N–H and O–H groups in total. The van der Waals surface area contributed by atoms with E-state index in [2.05, 4.69) is 6.07 Å². The highest BCUT2D eigenvalue weighted by atomic mass is 16.6. The van der Waals surface area contributed by atoms with Gasteiger partial charge in [-0.2, -0.15) is 0 Å². The number of hydrogen-bond donors (Lipinski definition) is 0. The highest BCUT2D eigenvalue weighted by molar-refractivity contribution is 5.69. The summed E-state index contributed by atoms with van der Waals surface area (Å²) in [6.07, 6.45) is 2.24. The van der Waals surface area contributed by atoms with Crippen molar-refractivity contribution in [3.8, 4) is 5.75 Å². The molecular weight excluding hydrogens is 444 g/mol. The van der Waals surface area contributed by atoms with E-state index in [1.54, 1.807) is 9.80 Å². The first-order valence-corrected chi connectivity index (χ1v) is 12.4. The van der Waals surface area contributed by atoms with E-state index in [-0.39, 0.29) is 23.7 Å². The third-order valence-corrected chi connectivity index (χ3v) is 7.01. The number of ether oxygens (including phenoxy) is 3. The molecule has 2 aliphatic heterocycles. The van der Waals surface area contributed by atoms with Gasteiger partial charge in [-0.25, -0.2) is 9.59 Å². The van der Waals surface area contributed by atoms with Crippen LogP contribution >= 0.6 is 0 Å². The number of carbonyl (C=O) groups excluding carboxylic acids is 2. The number of hydrogen-bond acceptors (Lipinski definition) is 5. The van der Waals surface area contributed by atoms with Crippen LogP contribution in [0.3, 0.4) is 0 Å². The van der Waals surface area contributed by atoms with E-state index in [0.717, 1.165) is 49.2 Å². The predicted octanol–water partition coefficient (Wildman–Crippen LogP) is 5.16. The van der Waals surface area contributed by atoms with E-state index < -0.39 is 5.60 Å². The molecule has 186 valence electrons. The fourth-order valence-corrected chi connectivity index (χ4v) is 5.27. The van der Waals surface area contributed by atoms with Gasteiger partial charge in [0.25, 0.3) is 0 Å². The zero-order chi connectivity index (χ0) is 24.6. The number of nitrogens with zero attached hydrogens (tertiary/aromatic N) is 2. The zero-order valence-electron chi connectivity index (χ0n) is 20.8. The topological polar surface area (TPSA) is 68.3 Å². The minimum absolute atomic E-state index is 0.126. The second-order valence-electron chi connectivity index (χ2n) is 11.1. The quantitative estimate of drug-likeness (QED) is 0.607. The predicted molar refractivity (Wildman–Crippen MR) is 131 cm³/mol. The maximum Gasteiger partial charge on any atom is 0.410 e. The Balaban J connectivity index is 1.11. The standard InChI is InChI=1S/C28H34N2O5/c1-27(2,3)35-26(32)29-13-12-21-10-7-11-24(23(21)16-29)34-22-14-28(15-22)18-30(19-28)25(31)33-17-20-8-5-4-6-9-20/h4-11,22H,12-19H2,1-3H3. The van der Waals surface area contributed by atoms with Crippen LogP contribution in [-0.4, -0.2) is 53.3 Å². The molecule has 1 saturated heterocycles. The molecule has 2 amide bonds. The lowest BCUT2D eigenvalue weighted by Crippen LogP contribution is -2.65. The second-order valence-corrected chi connectivity index (χ2v) is 11.1. The van der Waals surface area contributed by atoms with Gasteiger partial charge in [0.05, 0.1) is 6.54 Å². The smallest absolute Gasteiger partial charge is 0.410 e. The van der Waals surface area contributed by atoms with E-state index in [1.165, 1.54) is 5.56 Å². The lowest BCUT2D eigenvalue weighted by molar-refractivity contribution is -0.110. The van der Waals surface area contributed by atoms with Gasteiger partial charge in [0.1, 0.15) is 24.1 Å². The highest BCUT2D eigenvalue weighted by Gasteiger charge is 2.55. The Labute approximate surface area is 206 Å². The minimum Gasteiger partial charge on any atom is -0.490 e. The van der Waals surface area contributed by atoms with E-state index in [4.69, 9.17) is 14.2 Å². The van der Waals surface area contributed by atoms with E-state index >= 15 is 0 Å². The highest BCUT2D eigenvalue weighted by Crippen LogP contribution is 2.50. The van der Waals surface area contributed by atoms with Crippen LogP contribution in [0.15, 0.2) is 48.5 Å². The van der Waals surface area contributed by atoms with Gasteiger partial charge in [-0.15, -0.1) is 0 Å². The first kappa shape index (κ1) is 23.5. The molecule has 0 aromatic heterocycles. The Hall–Kier alpha value is -3.22. The molecule has 3 aliphatic rings. The summed E-state index contributed by atoms with van der Waals surface area (Å²) < 4.78 is 17.4. The largest absolute Gasteiger partial charge is 0.490 e. The van der Waals surface area contributed by atoms with E-state index in [0.29, 0.717) is 19.7 Å². The van der Waals surface area contributed by atoms with Gasteiger partial charge in [-0.1, -0.05) is 42.5 Å². The van der Waals surface area contributed by atoms with Crippen molar-refractivity contribution >= 4 is 12.2 Å². The molecule has 0 bridgehead atoms. The summed E-state index contributed by atoms with van der Waals surface area (Å²) in [4.78, 5) is 28.5. The lowest BCUT2D eigenvalue weighted by Gasteiger charge is -2.57. The summed E-state index contributed by atoms with van der Waals surface area (Å²) in [6, 6.07) is 15.9. The third-order valence-electron chi connectivity index (χ3n) is 7.01. The number of amides is 2. The maximum atomic E-state index is 12.6. The number of rotatable bonds is 4. The monoisotopic (exact) mass is 478 g/mol. The first-order chi connectivity index (χ1) is 16.7. The van der Waals surface area contributed by atoms with Gasteiger partial charge in [0.15, 0.2) is 0 Å². The third kappa shape index (κ3) is 5.24. The van der Waals surface area contributed by atoms with Gasteiger partial charge in [0, 0.05) is 30.6 Å². The van der Waals surface area contributed by atoms with Crippen molar-refractivity contribution in [2.24, 2.45) is 5.41 Å². The lowest BCUT2D eigenvalue weighted by atomic mass is 9.62. The summed E-state index contributed by atoms with van der Waals surface area (Å²) in [7, 11) is 0. The number of benzene rings is 2. The van der Waals surface area contributed by atoms with Crippen molar-refractivity contribution < 1.29 is 23.8 Å². The molecular formula is C28H34N2O5. The van der Waals surface area contributed by atoms with Crippen molar-refractivity contribution in [2.75, 3.05) is 19.6 Å². The van der Waals surface area contributed by atoms with Gasteiger partial charge in [0.2, 0.25) is 0 Å². The van der Waals surface area contributed by atoms with E-state index in [9.17, 15) is 9.59 Å². The molecule has 7 heteroatoms. The van der Waals surface area contributed by atoms with Crippen molar-refractivity contribution in [1.29, 1.82) is 0 Å². The minimum atomic E-state index is -0.516. The molecule has 2 fully saturated rings. The summed E-state index contributed by atoms with van der Waals surface area (Å²) >= 11 is 0. The summed E-state index contributed by atoms with van der Waals surface area (Å²) in [5, 5.41) is 0. The SMILES string of the molecule is CC(C)(C)OC(=O)N1CCc2cccc(OC3CC4(C3)CN(C(=O)OCc3ccccc3)C4)c2C1. The Morgan fingerprint density at radius 3 is 2.43 bits per heavy atom. The van der Waals surface area contributed by atoms with Crippen molar-refractivity contribution in [3.63, 3.8) is 0 Å². The molecule has 0 atom stereocenters. The number of likely N-dealkylation sites (tertiary alicyclic amines) is 1. The normalized spacial score (nSPS) is 18.8. The maximum absolute atomic E-state index is 12.6. The van der Waals surface area contributed by atoms with Crippen LogP contribution in [0.25, 0.3) is 0 Å². The average molecular weight is 479 g/mol. The number of carbonyl (C=O) groups is 2. The molecule has 5 rings (SSSR count). The summed E-state index contributed by atoms with van der Waals surface area (Å²) in [6.45, 7) is 8.54. The van der Waals surface area contributed by atoms with Crippen LogP contribution in [0.1, 0.15) is 50.3 Å². The van der Waals surface area contributed by atoms with Crippen LogP contribution in [0.2, 0.25) is 0 Å². The molecule has 1 aliphatic carbocycles. The average Bonchev–Trinajstić information content (AvgIpc) is 2.77. The molecule has 0 radical (unpaired) electrons. The number of fused-ring (bicyclic) bond motifs is 1. The Kier molecular flexibility index (Phi) is 6.11. The van der Waals surface area contributed by atoms with Gasteiger partial charge in [-0.05, 0) is 57.2 Å². The van der Waals surface area contributed by atoms with Gasteiger partial charge >= 0.3 is 12.2 Å². The van der Waals surface area contributed by atoms with Crippen LogP contribution in [-0.2, 0) is 29.0 Å². The van der Waals surface area contributed by atoms with Gasteiger partial charge in [-0.3, -0.25) is 0 Å². The van der Waals surface area contributed by atoms with Crippen LogP contribution in [0, 0.1) is 5.41 Å². The molecule has 2 aromatic carbocycles. The van der Waals surface area contributed by atoms with Crippen molar-refractivity contribution in [3.05, 3.63) is 65.2 Å². The van der Waals surface area contributed by atoms with Gasteiger partial charge < -0.3 is 24.0 Å². The summed E-state index contributed by atoms with van der Waals surface area (Å²) in [5.74, 6) is 0.856. The van der Waals surface area contributed by atoms with Crippen molar-refractivity contribution in [1.82, 2.24) is 9.80 Å². The van der Waals surface area contributed by atoms with Crippen LogP contribution in [0.4, 0.5) is 9.59 Å². The molecule has 1 saturated carbocycles. The fourth-order valence-electron chi connectivity index (χ4n) is 5.27. The Morgan fingerprint density at radius 1 is 0.971 bits per heavy atom. The van der Waals surface area contributed by atoms with Crippen LogP contribution in [0.5, 0.6) is 5.75 Å². The second kappa shape index (κ2) is 9.10. The molecule has 2 heterocycles. The first-order valence-electron chi connectivity index (χ1n) is 12.4. The molecule has 35 heavy (non-hydrogen) atoms. The molecule has 1 spiro atoms. The Morgan fingerprint density at radius 2 is 1.71 bits per heavy atom. The zero-order valence-corrected chi connectivity index (χ0v) is 20.8. The van der Waals surface area contributed by atoms with E-state index in [1.807, 2.05) is 63.2 Å². The summed E-state index contributed by atoms with van der Waals surface area (Å²) in [5.41, 5.74) is 2.92.